The van der Waals surface area contributed by atoms with Crippen LogP contribution in [0.15, 0.2) is 57.9 Å². The van der Waals surface area contributed by atoms with Gasteiger partial charge in [-0.15, -0.1) is 0 Å². The molecule has 0 spiro atoms. The van der Waals surface area contributed by atoms with Crippen molar-refractivity contribution in [3.63, 3.8) is 0 Å². The summed E-state index contributed by atoms with van der Waals surface area (Å²) >= 11 is 3.50. The van der Waals surface area contributed by atoms with Crippen molar-refractivity contribution in [3.8, 4) is 0 Å². The van der Waals surface area contributed by atoms with Crippen LogP contribution in [-0.2, 0) is 9.84 Å². The molecule has 1 N–H and O–H groups in total. The Kier molecular flexibility index (Phi) is 3.56. The number of hydrogen-bond acceptors (Lipinski definition) is 3. The van der Waals surface area contributed by atoms with Gasteiger partial charge in [-0.1, -0.05) is 30.3 Å². The molecule has 1 atom stereocenters. The standard InChI is InChI=1S/C15H14BrNO2S/c16-12-6-2-3-7-14(12)17-13-9-10-20(18,19)15-8-4-1-5-11(13)15/h1-8,13,17H,9-10H2. The average molecular weight is 352 g/mol. The van der Waals surface area contributed by atoms with E-state index in [-0.39, 0.29) is 11.8 Å². The van der Waals surface area contributed by atoms with Crippen LogP contribution < -0.4 is 5.32 Å². The normalized spacial score (nSPS) is 20.1. The molecule has 20 heavy (non-hydrogen) atoms. The fourth-order valence-electron chi connectivity index (χ4n) is 2.51. The maximum Gasteiger partial charge on any atom is 0.178 e. The summed E-state index contributed by atoms with van der Waals surface area (Å²) in [7, 11) is -3.13. The van der Waals surface area contributed by atoms with Crippen LogP contribution in [0.25, 0.3) is 0 Å². The van der Waals surface area contributed by atoms with Gasteiger partial charge in [0.15, 0.2) is 9.84 Å². The average Bonchev–Trinajstić information content (AvgIpc) is 2.44. The zero-order chi connectivity index (χ0) is 14.2. The van der Waals surface area contributed by atoms with Gasteiger partial charge in [0.05, 0.1) is 16.7 Å². The first-order valence-corrected chi connectivity index (χ1v) is 8.85. The summed E-state index contributed by atoms with van der Waals surface area (Å²) in [5.74, 6) is 0.187. The van der Waals surface area contributed by atoms with Gasteiger partial charge in [-0.2, -0.15) is 0 Å². The van der Waals surface area contributed by atoms with Crippen molar-refractivity contribution in [2.45, 2.75) is 17.4 Å². The minimum Gasteiger partial charge on any atom is -0.377 e. The maximum absolute atomic E-state index is 12.1. The summed E-state index contributed by atoms with van der Waals surface area (Å²) in [6.45, 7) is 0. The van der Waals surface area contributed by atoms with Crippen LogP contribution in [0.2, 0.25) is 0 Å². The van der Waals surface area contributed by atoms with E-state index >= 15 is 0 Å². The number of hydrogen-bond donors (Lipinski definition) is 1. The minimum absolute atomic E-state index is 0.0217. The lowest BCUT2D eigenvalue weighted by Gasteiger charge is -2.27. The molecule has 104 valence electrons. The molecule has 2 aromatic rings. The van der Waals surface area contributed by atoms with Crippen LogP contribution in [0.5, 0.6) is 0 Å². The predicted octanol–water partition coefficient (Wildman–Crippen LogP) is 3.78. The highest BCUT2D eigenvalue weighted by Crippen LogP contribution is 2.35. The third kappa shape index (κ3) is 2.47. The van der Waals surface area contributed by atoms with E-state index in [2.05, 4.69) is 21.2 Å². The molecule has 0 fully saturated rings. The van der Waals surface area contributed by atoms with E-state index in [9.17, 15) is 8.42 Å². The van der Waals surface area contributed by atoms with Gasteiger partial charge in [0.1, 0.15) is 0 Å². The number of fused-ring (bicyclic) bond motifs is 1. The van der Waals surface area contributed by atoms with Gasteiger partial charge in [-0.25, -0.2) is 8.42 Å². The molecule has 1 unspecified atom stereocenters. The van der Waals surface area contributed by atoms with Crippen molar-refractivity contribution in [1.82, 2.24) is 0 Å². The van der Waals surface area contributed by atoms with Gasteiger partial charge in [0, 0.05) is 10.2 Å². The number of para-hydroxylation sites is 1. The van der Waals surface area contributed by atoms with Gasteiger partial charge in [-0.3, -0.25) is 0 Å². The molecular formula is C15H14BrNO2S. The molecular weight excluding hydrogens is 338 g/mol. The molecule has 1 heterocycles. The molecule has 1 aliphatic rings. The topological polar surface area (TPSA) is 46.2 Å². The highest BCUT2D eigenvalue weighted by molar-refractivity contribution is 9.10. The van der Waals surface area contributed by atoms with Crippen LogP contribution in [0.1, 0.15) is 18.0 Å². The Labute approximate surface area is 127 Å². The van der Waals surface area contributed by atoms with Crippen molar-refractivity contribution in [2.75, 3.05) is 11.1 Å². The van der Waals surface area contributed by atoms with E-state index < -0.39 is 9.84 Å². The third-order valence-electron chi connectivity index (χ3n) is 3.51. The predicted molar refractivity (Wildman–Crippen MR) is 83.6 cm³/mol. The summed E-state index contributed by atoms with van der Waals surface area (Å²) in [5, 5.41) is 3.43. The van der Waals surface area contributed by atoms with Crippen molar-refractivity contribution in [3.05, 3.63) is 58.6 Å². The van der Waals surface area contributed by atoms with Gasteiger partial charge < -0.3 is 5.32 Å². The molecule has 0 aliphatic carbocycles. The number of rotatable bonds is 2. The van der Waals surface area contributed by atoms with Crippen molar-refractivity contribution < 1.29 is 8.42 Å². The molecule has 3 rings (SSSR count). The fraction of sp³-hybridized carbons (Fsp3) is 0.200. The van der Waals surface area contributed by atoms with Gasteiger partial charge in [0.2, 0.25) is 0 Å². The number of nitrogens with one attached hydrogen (secondary N) is 1. The largest absolute Gasteiger partial charge is 0.377 e. The first-order valence-electron chi connectivity index (χ1n) is 6.41. The van der Waals surface area contributed by atoms with E-state index in [4.69, 9.17) is 0 Å². The van der Waals surface area contributed by atoms with Gasteiger partial charge in [-0.05, 0) is 46.1 Å². The Balaban J connectivity index is 1.99. The highest BCUT2D eigenvalue weighted by Gasteiger charge is 2.29. The zero-order valence-corrected chi connectivity index (χ0v) is 13.1. The maximum atomic E-state index is 12.1. The van der Waals surface area contributed by atoms with Crippen LogP contribution in [0, 0.1) is 0 Å². The van der Waals surface area contributed by atoms with E-state index in [0.717, 1.165) is 15.7 Å². The first kappa shape index (κ1) is 13.6. The Bertz CT molecular complexity index is 743. The van der Waals surface area contributed by atoms with E-state index in [0.29, 0.717) is 11.3 Å². The second kappa shape index (κ2) is 5.22. The Morgan fingerprint density at radius 3 is 2.55 bits per heavy atom. The molecule has 5 heteroatoms. The molecule has 3 nitrogen and oxygen atoms in total. The van der Waals surface area contributed by atoms with Crippen LogP contribution in [0.3, 0.4) is 0 Å². The Hall–Kier alpha value is -1.33. The summed E-state index contributed by atoms with van der Waals surface area (Å²) in [6.07, 6.45) is 0.584. The fourth-order valence-corrected chi connectivity index (χ4v) is 4.53. The van der Waals surface area contributed by atoms with Crippen molar-refractivity contribution in [2.24, 2.45) is 0 Å². The van der Waals surface area contributed by atoms with Crippen LogP contribution >= 0.6 is 15.9 Å². The molecule has 0 amide bonds. The van der Waals surface area contributed by atoms with Crippen molar-refractivity contribution in [1.29, 1.82) is 0 Å². The van der Waals surface area contributed by atoms with Gasteiger partial charge >= 0.3 is 0 Å². The highest BCUT2D eigenvalue weighted by atomic mass is 79.9. The lowest BCUT2D eigenvalue weighted by Crippen LogP contribution is -2.24. The van der Waals surface area contributed by atoms with E-state index in [1.807, 2.05) is 36.4 Å². The van der Waals surface area contributed by atoms with Crippen molar-refractivity contribution >= 4 is 31.5 Å². The summed E-state index contributed by atoms with van der Waals surface area (Å²) in [4.78, 5) is 0.454. The Morgan fingerprint density at radius 2 is 1.75 bits per heavy atom. The molecule has 0 saturated heterocycles. The summed E-state index contributed by atoms with van der Waals surface area (Å²) in [6, 6.07) is 15.1. The monoisotopic (exact) mass is 351 g/mol. The number of benzene rings is 2. The smallest absolute Gasteiger partial charge is 0.178 e. The third-order valence-corrected chi connectivity index (χ3v) is 6.01. The lowest BCUT2D eigenvalue weighted by molar-refractivity contribution is 0.576. The first-order chi connectivity index (χ1) is 9.58. The summed E-state index contributed by atoms with van der Waals surface area (Å²) < 4.78 is 25.2. The van der Waals surface area contributed by atoms with E-state index in [1.54, 1.807) is 12.1 Å². The van der Waals surface area contributed by atoms with E-state index in [1.165, 1.54) is 0 Å². The van der Waals surface area contributed by atoms with Crippen LogP contribution in [-0.4, -0.2) is 14.2 Å². The quantitative estimate of drug-likeness (QED) is 0.895. The minimum atomic E-state index is -3.13. The molecule has 1 aliphatic heterocycles. The number of anilines is 1. The number of halogens is 1. The summed E-state index contributed by atoms with van der Waals surface area (Å²) in [5.41, 5.74) is 1.83. The molecule has 0 saturated carbocycles. The SMILES string of the molecule is O=S1(=O)CCC(Nc2ccccc2Br)c2ccccc21. The molecule has 0 aromatic heterocycles. The van der Waals surface area contributed by atoms with Gasteiger partial charge in [0.25, 0.3) is 0 Å². The second-order valence-electron chi connectivity index (χ2n) is 4.82. The number of sulfone groups is 1. The lowest BCUT2D eigenvalue weighted by atomic mass is 10.0. The second-order valence-corrected chi connectivity index (χ2v) is 7.75. The Morgan fingerprint density at radius 1 is 1.05 bits per heavy atom. The molecule has 0 radical (unpaired) electrons. The molecule has 0 bridgehead atoms. The van der Waals surface area contributed by atoms with Crippen LogP contribution in [0.4, 0.5) is 5.69 Å². The zero-order valence-electron chi connectivity index (χ0n) is 10.7. The molecule has 2 aromatic carbocycles.